The van der Waals surface area contributed by atoms with Gasteiger partial charge in [-0.15, -0.1) is 0 Å². The predicted molar refractivity (Wildman–Crippen MR) is 69.0 cm³/mol. The summed E-state index contributed by atoms with van der Waals surface area (Å²) in [6.45, 7) is 2.28. The van der Waals surface area contributed by atoms with Crippen molar-refractivity contribution in [3.8, 4) is 0 Å². The van der Waals surface area contributed by atoms with Crippen molar-refractivity contribution in [1.82, 2.24) is 5.32 Å². The van der Waals surface area contributed by atoms with Crippen LogP contribution in [0.15, 0.2) is 0 Å². The van der Waals surface area contributed by atoms with E-state index in [9.17, 15) is 4.79 Å². The molecule has 108 valence electrons. The van der Waals surface area contributed by atoms with E-state index in [0.29, 0.717) is 18.6 Å². The van der Waals surface area contributed by atoms with Crippen LogP contribution in [0.4, 0.5) is 0 Å². The molecule has 4 unspecified atom stereocenters. The average Bonchev–Trinajstić information content (AvgIpc) is 2.87. The van der Waals surface area contributed by atoms with E-state index in [1.165, 1.54) is 0 Å². The first-order valence-electron chi connectivity index (χ1n) is 7.39. The lowest BCUT2D eigenvalue weighted by atomic mass is 9.78. The molecule has 5 heteroatoms. The number of piperidine rings is 1. The highest BCUT2D eigenvalue weighted by Gasteiger charge is 2.43. The summed E-state index contributed by atoms with van der Waals surface area (Å²) in [7, 11) is 0. The van der Waals surface area contributed by atoms with E-state index in [2.05, 4.69) is 5.32 Å². The molecule has 3 rings (SSSR count). The molecule has 19 heavy (non-hydrogen) atoms. The Morgan fingerprint density at radius 2 is 2.16 bits per heavy atom. The molecule has 0 amide bonds. The normalized spacial score (nSPS) is 43.5. The molecule has 4 atom stereocenters. The molecule has 1 spiro atoms. The Morgan fingerprint density at radius 1 is 1.26 bits per heavy atom. The molecule has 3 heterocycles. The van der Waals surface area contributed by atoms with Gasteiger partial charge in [0.15, 0.2) is 0 Å². The van der Waals surface area contributed by atoms with Crippen LogP contribution < -0.4 is 5.32 Å². The van der Waals surface area contributed by atoms with Gasteiger partial charge in [0.2, 0.25) is 0 Å². The molecule has 3 aliphatic heterocycles. The van der Waals surface area contributed by atoms with E-state index in [0.717, 1.165) is 51.7 Å². The Hall–Kier alpha value is -0.650. The number of carboxylic acid groups (broad SMARTS) is 1. The number of hydrogen-bond acceptors (Lipinski definition) is 4. The summed E-state index contributed by atoms with van der Waals surface area (Å²) in [6, 6.07) is -0.0337. The second-order valence-electron chi connectivity index (χ2n) is 6.18. The molecular formula is C14H23NO4. The third-order valence-electron chi connectivity index (χ3n) is 4.89. The van der Waals surface area contributed by atoms with Gasteiger partial charge in [-0.05, 0) is 38.0 Å². The van der Waals surface area contributed by atoms with Crippen LogP contribution in [0.2, 0.25) is 0 Å². The van der Waals surface area contributed by atoms with Crippen molar-refractivity contribution in [2.75, 3.05) is 19.8 Å². The van der Waals surface area contributed by atoms with Crippen molar-refractivity contribution in [3.63, 3.8) is 0 Å². The van der Waals surface area contributed by atoms with Crippen LogP contribution in [-0.4, -0.2) is 48.6 Å². The summed E-state index contributed by atoms with van der Waals surface area (Å²) in [6.07, 6.45) is 5.88. The smallest absolute Gasteiger partial charge is 0.320 e. The molecule has 0 aromatic heterocycles. The summed E-state index contributed by atoms with van der Waals surface area (Å²) < 4.78 is 11.4. The summed E-state index contributed by atoms with van der Waals surface area (Å²) in [4.78, 5) is 11.1. The summed E-state index contributed by atoms with van der Waals surface area (Å²) in [5, 5.41) is 12.5. The molecule has 0 saturated carbocycles. The minimum atomic E-state index is -0.712. The Morgan fingerprint density at radius 3 is 2.89 bits per heavy atom. The monoisotopic (exact) mass is 269 g/mol. The maximum absolute atomic E-state index is 11.1. The summed E-state index contributed by atoms with van der Waals surface area (Å²) >= 11 is 0. The number of carbonyl (C=O) groups is 1. The summed E-state index contributed by atoms with van der Waals surface area (Å²) in [5.74, 6) is -0.187. The fourth-order valence-corrected chi connectivity index (χ4v) is 3.81. The van der Waals surface area contributed by atoms with Gasteiger partial charge in [0, 0.05) is 25.7 Å². The highest BCUT2D eigenvalue weighted by molar-refractivity contribution is 5.73. The van der Waals surface area contributed by atoms with Crippen LogP contribution in [0.25, 0.3) is 0 Å². The predicted octanol–water partition coefficient (Wildman–Crippen LogP) is 1.17. The molecule has 3 saturated heterocycles. The lowest BCUT2D eigenvalue weighted by Crippen LogP contribution is -2.53. The molecule has 2 N–H and O–H groups in total. The highest BCUT2D eigenvalue weighted by atomic mass is 16.6. The van der Waals surface area contributed by atoms with Gasteiger partial charge in [0.1, 0.15) is 6.04 Å². The standard InChI is InChI=1S/C14H23NO4/c16-13(17)12-3-1-2-11(15-12)10-4-6-19-14(8-10)5-7-18-9-14/h10-12,15H,1-9H2,(H,16,17). The SMILES string of the molecule is O=C(O)C1CCCC(C2CCOC3(CCOC3)C2)N1. The number of carboxylic acids is 1. The first-order valence-corrected chi connectivity index (χ1v) is 7.39. The van der Waals surface area contributed by atoms with Crippen LogP contribution in [-0.2, 0) is 14.3 Å². The van der Waals surface area contributed by atoms with Crippen molar-refractivity contribution in [2.24, 2.45) is 5.92 Å². The van der Waals surface area contributed by atoms with E-state index in [1.807, 2.05) is 0 Å². The van der Waals surface area contributed by atoms with Gasteiger partial charge < -0.3 is 19.9 Å². The van der Waals surface area contributed by atoms with E-state index >= 15 is 0 Å². The van der Waals surface area contributed by atoms with Crippen molar-refractivity contribution < 1.29 is 19.4 Å². The second-order valence-corrected chi connectivity index (χ2v) is 6.18. The quantitative estimate of drug-likeness (QED) is 0.787. The Balaban J connectivity index is 1.63. The van der Waals surface area contributed by atoms with Gasteiger partial charge >= 0.3 is 5.97 Å². The van der Waals surface area contributed by atoms with E-state index < -0.39 is 5.97 Å². The van der Waals surface area contributed by atoms with Gasteiger partial charge in [0.05, 0.1) is 12.2 Å². The molecule has 0 aromatic rings. The Labute approximate surface area is 113 Å². The number of aliphatic carboxylic acids is 1. The first kappa shape index (κ1) is 13.3. The minimum absolute atomic E-state index is 0.0826. The lowest BCUT2D eigenvalue weighted by molar-refractivity contribution is -0.141. The molecular weight excluding hydrogens is 246 g/mol. The second kappa shape index (κ2) is 5.38. The van der Waals surface area contributed by atoms with Crippen molar-refractivity contribution in [3.05, 3.63) is 0 Å². The Kier molecular flexibility index (Phi) is 3.78. The minimum Gasteiger partial charge on any atom is -0.480 e. The fraction of sp³-hybridized carbons (Fsp3) is 0.929. The zero-order valence-electron chi connectivity index (χ0n) is 11.3. The third kappa shape index (κ3) is 2.78. The zero-order chi connectivity index (χ0) is 13.3. The van der Waals surface area contributed by atoms with Crippen LogP contribution in [0.5, 0.6) is 0 Å². The van der Waals surface area contributed by atoms with Crippen molar-refractivity contribution in [1.29, 1.82) is 0 Å². The van der Waals surface area contributed by atoms with E-state index in [1.54, 1.807) is 0 Å². The molecule has 3 fully saturated rings. The van der Waals surface area contributed by atoms with Gasteiger partial charge in [-0.1, -0.05) is 0 Å². The molecule has 0 aliphatic carbocycles. The van der Waals surface area contributed by atoms with Crippen molar-refractivity contribution >= 4 is 5.97 Å². The maximum Gasteiger partial charge on any atom is 0.320 e. The molecule has 0 bridgehead atoms. The highest BCUT2D eigenvalue weighted by Crippen LogP contribution is 2.38. The summed E-state index contributed by atoms with van der Waals surface area (Å²) in [5.41, 5.74) is -0.0826. The van der Waals surface area contributed by atoms with Crippen LogP contribution in [0.3, 0.4) is 0 Å². The van der Waals surface area contributed by atoms with Crippen LogP contribution in [0, 0.1) is 5.92 Å². The molecule has 3 aliphatic rings. The number of nitrogens with one attached hydrogen (secondary N) is 1. The van der Waals surface area contributed by atoms with Crippen LogP contribution >= 0.6 is 0 Å². The van der Waals surface area contributed by atoms with Crippen molar-refractivity contribution in [2.45, 2.75) is 56.2 Å². The van der Waals surface area contributed by atoms with E-state index in [-0.39, 0.29) is 11.6 Å². The average molecular weight is 269 g/mol. The van der Waals surface area contributed by atoms with Gasteiger partial charge in [-0.25, -0.2) is 0 Å². The lowest BCUT2D eigenvalue weighted by Gasteiger charge is -2.42. The maximum atomic E-state index is 11.1. The largest absolute Gasteiger partial charge is 0.480 e. The Bertz CT molecular complexity index is 340. The topological polar surface area (TPSA) is 67.8 Å². The molecule has 5 nitrogen and oxygen atoms in total. The molecule has 0 aromatic carbocycles. The number of ether oxygens (including phenoxy) is 2. The fourth-order valence-electron chi connectivity index (χ4n) is 3.81. The zero-order valence-corrected chi connectivity index (χ0v) is 11.3. The van der Waals surface area contributed by atoms with Gasteiger partial charge in [0.25, 0.3) is 0 Å². The van der Waals surface area contributed by atoms with Gasteiger partial charge in [-0.3, -0.25) is 4.79 Å². The first-order chi connectivity index (χ1) is 9.19. The van der Waals surface area contributed by atoms with Crippen LogP contribution in [0.1, 0.15) is 38.5 Å². The number of rotatable bonds is 2. The van der Waals surface area contributed by atoms with E-state index in [4.69, 9.17) is 14.6 Å². The van der Waals surface area contributed by atoms with Gasteiger partial charge in [-0.2, -0.15) is 0 Å². The molecule has 0 radical (unpaired) electrons. The number of hydrogen-bond donors (Lipinski definition) is 2. The third-order valence-corrected chi connectivity index (χ3v) is 4.89.